The summed E-state index contributed by atoms with van der Waals surface area (Å²) >= 11 is 1.69. The maximum Gasteiger partial charge on any atom is 0.224 e. The molecule has 2 atom stereocenters. The Morgan fingerprint density at radius 3 is 2.81 bits per heavy atom. The smallest absolute Gasteiger partial charge is 0.224 e. The van der Waals surface area contributed by atoms with Crippen LogP contribution in [0.2, 0.25) is 0 Å². The first-order valence-electron chi connectivity index (χ1n) is 10.0. The average Bonchev–Trinajstić information content (AvgIpc) is 3.25. The van der Waals surface area contributed by atoms with E-state index in [4.69, 9.17) is 9.72 Å². The lowest BCUT2D eigenvalue weighted by Crippen LogP contribution is -2.39. The third-order valence-corrected chi connectivity index (χ3v) is 7.07. The summed E-state index contributed by atoms with van der Waals surface area (Å²) in [6, 6.07) is 7.30. The summed E-state index contributed by atoms with van der Waals surface area (Å²) in [6.45, 7) is 3.30. The first-order chi connectivity index (χ1) is 13.2. The van der Waals surface area contributed by atoms with E-state index in [-0.39, 0.29) is 5.91 Å². The van der Waals surface area contributed by atoms with Crippen molar-refractivity contribution < 1.29 is 9.53 Å². The molecule has 0 spiro atoms. The molecule has 6 nitrogen and oxygen atoms in total. The molecule has 2 aromatic rings. The Labute approximate surface area is 163 Å². The monoisotopic (exact) mass is 386 g/mol. The van der Waals surface area contributed by atoms with Crippen LogP contribution in [0.3, 0.4) is 0 Å². The van der Waals surface area contributed by atoms with E-state index < -0.39 is 0 Å². The standard InChI is InChI=1S/C20H26N4O2S/c25-19(11-13-9-14-1-2-15(10-13)21-14)22-16-3-4-17-18(12-16)27-20(23-17)24-5-7-26-8-6-24/h3-4,12-15,21H,1-2,5-11H2,(H,22,25). The van der Waals surface area contributed by atoms with Gasteiger partial charge in [0.2, 0.25) is 5.91 Å². The van der Waals surface area contributed by atoms with Crippen molar-refractivity contribution in [3.63, 3.8) is 0 Å². The zero-order valence-electron chi connectivity index (χ0n) is 15.4. The minimum Gasteiger partial charge on any atom is -0.378 e. The number of piperidine rings is 1. The number of carbonyl (C=O) groups is 1. The van der Waals surface area contributed by atoms with Crippen molar-refractivity contribution in [1.82, 2.24) is 10.3 Å². The van der Waals surface area contributed by atoms with Gasteiger partial charge >= 0.3 is 0 Å². The van der Waals surface area contributed by atoms with Crippen molar-refractivity contribution >= 4 is 38.3 Å². The van der Waals surface area contributed by atoms with Crippen LogP contribution in [-0.4, -0.2) is 49.3 Å². The molecular weight excluding hydrogens is 360 g/mol. The first kappa shape index (κ1) is 17.4. The lowest BCUT2D eigenvalue weighted by molar-refractivity contribution is -0.117. The number of rotatable bonds is 4. The molecule has 1 aromatic heterocycles. The first-order valence-corrected chi connectivity index (χ1v) is 10.8. The van der Waals surface area contributed by atoms with Gasteiger partial charge in [0.15, 0.2) is 5.13 Å². The fourth-order valence-electron chi connectivity index (χ4n) is 4.70. The molecule has 1 amide bonds. The normalized spacial score (nSPS) is 27.9. The van der Waals surface area contributed by atoms with Gasteiger partial charge in [0.25, 0.3) is 0 Å². The van der Waals surface area contributed by atoms with Gasteiger partial charge in [-0.15, -0.1) is 0 Å². The van der Waals surface area contributed by atoms with Crippen molar-refractivity contribution in [2.45, 2.75) is 44.2 Å². The SMILES string of the molecule is O=C(CC1CC2CCC(C1)N2)Nc1ccc2nc(N3CCOCC3)sc2c1. The zero-order valence-corrected chi connectivity index (χ0v) is 16.3. The molecule has 2 N–H and O–H groups in total. The summed E-state index contributed by atoms with van der Waals surface area (Å²) < 4.78 is 6.54. The van der Waals surface area contributed by atoms with Crippen LogP contribution in [0.4, 0.5) is 10.8 Å². The molecule has 27 heavy (non-hydrogen) atoms. The summed E-state index contributed by atoms with van der Waals surface area (Å²) in [7, 11) is 0. The summed E-state index contributed by atoms with van der Waals surface area (Å²) in [5.74, 6) is 0.655. The number of aromatic nitrogens is 1. The molecule has 2 bridgehead atoms. The van der Waals surface area contributed by atoms with E-state index in [0.717, 1.165) is 60.2 Å². The topological polar surface area (TPSA) is 66.5 Å². The Kier molecular flexibility index (Phi) is 4.75. The van der Waals surface area contributed by atoms with Gasteiger partial charge in [-0.05, 0) is 49.8 Å². The predicted octanol–water partition coefficient (Wildman–Crippen LogP) is 2.99. The number of hydrogen-bond acceptors (Lipinski definition) is 6. The predicted molar refractivity (Wildman–Crippen MR) is 109 cm³/mol. The molecule has 3 aliphatic rings. The number of amides is 1. The molecule has 3 saturated heterocycles. The van der Waals surface area contributed by atoms with Crippen LogP contribution in [-0.2, 0) is 9.53 Å². The van der Waals surface area contributed by atoms with Crippen LogP contribution in [0, 0.1) is 5.92 Å². The third kappa shape index (κ3) is 3.81. The van der Waals surface area contributed by atoms with E-state index in [0.29, 0.717) is 24.4 Å². The maximum absolute atomic E-state index is 12.5. The van der Waals surface area contributed by atoms with Crippen LogP contribution < -0.4 is 15.5 Å². The quantitative estimate of drug-likeness (QED) is 0.846. The van der Waals surface area contributed by atoms with E-state index in [1.807, 2.05) is 12.1 Å². The molecule has 0 saturated carbocycles. The van der Waals surface area contributed by atoms with Gasteiger partial charge in [0, 0.05) is 37.3 Å². The van der Waals surface area contributed by atoms with Crippen LogP contribution in [0.25, 0.3) is 10.2 Å². The van der Waals surface area contributed by atoms with E-state index >= 15 is 0 Å². The van der Waals surface area contributed by atoms with Gasteiger partial charge in [-0.2, -0.15) is 0 Å². The lowest BCUT2D eigenvalue weighted by atomic mass is 9.89. The minimum absolute atomic E-state index is 0.138. The maximum atomic E-state index is 12.5. The summed E-state index contributed by atoms with van der Waals surface area (Å²) in [4.78, 5) is 19.6. The second kappa shape index (κ2) is 7.37. The second-order valence-corrected chi connectivity index (χ2v) is 9.02. The van der Waals surface area contributed by atoms with Crippen LogP contribution in [0.15, 0.2) is 18.2 Å². The van der Waals surface area contributed by atoms with E-state index in [1.54, 1.807) is 11.3 Å². The van der Waals surface area contributed by atoms with Gasteiger partial charge in [-0.25, -0.2) is 4.98 Å². The molecule has 0 aliphatic carbocycles. The number of hydrogen-bond donors (Lipinski definition) is 2. The van der Waals surface area contributed by atoms with Gasteiger partial charge in [-0.3, -0.25) is 4.79 Å². The molecule has 3 aliphatic heterocycles. The van der Waals surface area contributed by atoms with Crippen LogP contribution in [0.1, 0.15) is 32.1 Å². The third-order valence-electron chi connectivity index (χ3n) is 5.99. The Morgan fingerprint density at radius 1 is 1.26 bits per heavy atom. The Morgan fingerprint density at radius 2 is 2.04 bits per heavy atom. The molecule has 7 heteroatoms. The van der Waals surface area contributed by atoms with Crippen molar-refractivity contribution in [2.75, 3.05) is 36.5 Å². The molecule has 4 heterocycles. The number of anilines is 2. The molecule has 144 valence electrons. The number of ether oxygens (including phenoxy) is 1. The number of fused-ring (bicyclic) bond motifs is 3. The van der Waals surface area contributed by atoms with Crippen molar-refractivity contribution in [2.24, 2.45) is 5.92 Å². The van der Waals surface area contributed by atoms with Crippen LogP contribution >= 0.6 is 11.3 Å². The highest BCUT2D eigenvalue weighted by molar-refractivity contribution is 7.22. The number of morpholine rings is 1. The van der Waals surface area contributed by atoms with Crippen LogP contribution in [0.5, 0.6) is 0 Å². The molecule has 2 unspecified atom stereocenters. The highest BCUT2D eigenvalue weighted by atomic mass is 32.1. The van der Waals surface area contributed by atoms with Gasteiger partial charge < -0.3 is 20.3 Å². The zero-order chi connectivity index (χ0) is 18.2. The average molecular weight is 387 g/mol. The number of nitrogens with one attached hydrogen (secondary N) is 2. The van der Waals surface area contributed by atoms with Crippen molar-refractivity contribution in [3.05, 3.63) is 18.2 Å². The molecule has 1 aromatic carbocycles. The molecule has 0 radical (unpaired) electrons. The van der Waals surface area contributed by atoms with Crippen molar-refractivity contribution in [3.8, 4) is 0 Å². The second-order valence-electron chi connectivity index (χ2n) is 8.01. The number of carbonyl (C=O) groups excluding carboxylic acids is 1. The molecular formula is C20H26N4O2S. The van der Waals surface area contributed by atoms with Crippen molar-refractivity contribution in [1.29, 1.82) is 0 Å². The Bertz CT molecular complexity index is 820. The molecule has 3 fully saturated rings. The fourth-order valence-corrected chi connectivity index (χ4v) is 5.75. The fraction of sp³-hybridized carbons (Fsp3) is 0.600. The highest BCUT2D eigenvalue weighted by Gasteiger charge is 2.34. The number of benzene rings is 1. The van der Waals surface area contributed by atoms with E-state index in [2.05, 4.69) is 21.6 Å². The summed E-state index contributed by atoms with van der Waals surface area (Å²) in [5, 5.41) is 7.79. The highest BCUT2D eigenvalue weighted by Crippen LogP contribution is 2.34. The molecule has 5 rings (SSSR count). The van der Waals surface area contributed by atoms with Gasteiger partial charge in [-0.1, -0.05) is 11.3 Å². The van der Waals surface area contributed by atoms with Gasteiger partial charge in [0.05, 0.1) is 23.4 Å². The Hall–Kier alpha value is -1.70. The number of nitrogens with zero attached hydrogens (tertiary/aromatic N) is 2. The summed E-state index contributed by atoms with van der Waals surface area (Å²) in [5.41, 5.74) is 1.87. The number of thiazole rings is 1. The largest absolute Gasteiger partial charge is 0.378 e. The minimum atomic E-state index is 0.138. The van der Waals surface area contributed by atoms with E-state index in [1.165, 1.54) is 12.8 Å². The van der Waals surface area contributed by atoms with Gasteiger partial charge in [0.1, 0.15) is 0 Å². The van der Waals surface area contributed by atoms with E-state index in [9.17, 15) is 4.79 Å². The summed E-state index contributed by atoms with van der Waals surface area (Å²) in [6.07, 6.45) is 5.46. The lowest BCUT2D eigenvalue weighted by Gasteiger charge is -2.28. The Balaban J connectivity index is 1.24.